The van der Waals surface area contributed by atoms with E-state index in [4.69, 9.17) is 9.47 Å². The molecule has 0 heterocycles. The molecule has 174 valence electrons. The first-order chi connectivity index (χ1) is 16.2. The lowest BCUT2D eigenvalue weighted by atomic mass is 9.71. The Morgan fingerprint density at radius 2 is 1.00 bits per heavy atom. The van der Waals surface area contributed by atoms with Gasteiger partial charge in [0.15, 0.2) is 0 Å². The van der Waals surface area contributed by atoms with Crippen molar-refractivity contribution in [3.8, 4) is 0 Å². The van der Waals surface area contributed by atoms with E-state index in [1.807, 2.05) is 36.4 Å². The van der Waals surface area contributed by atoms with Gasteiger partial charge in [0.05, 0.1) is 11.1 Å². The normalized spacial score (nSPS) is 31.4. The van der Waals surface area contributed by atoms with E-state index in [9.17, 15) is 9.59 Å². The van der Waals surface area contributed by atoms with Gasteiger partial charge in [-0.25, -0.2) is 9.59 Å². The molecule has 6 unspecified atom stereocenters. The van der Waals surface area contributed by atoms with E-state index < -0.39 is 12.2 Å². The standard InChI is InChI=1S/C29H34O4/c30-28(21-10-3-1-4-11-21)32-26-18-24-16-15-20-9-7-8-14-23(20)17-25(24)19-27(26)33-29(31)22-12-5-2-6-13-22/h1-6,10-13,20,23-27H,7-9,14-19H2. The molecule has 0 aliphatic heterocycles. The van der Waals surface area contributed by atoms with E-state index in [0.717, 1.165) is 24.7 Å². The van der Waals surface area contributed by atoms with Crippen LogP contribution in [0, 0.1) is 23.7 Å². The van der Waals surface area contributed by atoms with Gasteiger partial charge >= 0.3 is 11.9 Å². The monoisotopic (exact) mass is 446 g/mol. The van der Waals surface area contributed by atoms with Gasteiger partial charge in [-0.05, 0) is 80.0 Å². The zero-order valence-electron chi connectivity index (χ0n) is 19.2. The number of carbonyl (C=O) groups is 2. The lowest BCUT2D eigenvalue weighted by Gasteiger charge is -2.40. The molecular weight excluding hydrogens is 412 g/mol. The fourth-order valence-corrected chi connectivity index (χ4v) is 6.53. The van der Waals surface area contributed by atoms with Gasteiger partial charge in [0.25, 0.3) is 0 Å². The van der Waals surface area contributed by atoms with Crippen LogP contribution in [0.4, 0.5) is 0 Å². The molecule has 0 amide bonds. The summed E-state index contributed by atoms with van der Waals surface area (Å²) in [4.78, 5) is 25.8. The summed E-state index contributed by atoms with van der Waals surface area (Å²) in [6, 6.07) is 18.2. The van der Waals surface area contributed by atoms with Crippen molar-refractivity contribution in [3.05, 3.63) is 71.8 Å². The zero-order chi connectivity index (χ0) is 22.6. The molecule has 0 saturated heterocycles. The predicted molar refractivity (Wildman–Crippen MR) is 127 cm³/mol. The number of benzene rings is 2. The molecule has 4 heteroatoms. The summed E-state index contributed by atoms with van der Waals surface area (Å²) >= 11 is 0. The first-order valence-corrected chi connectivity index (χ1v) is 12.7. The van der Waals surface area contributed by atoms with E-state index >= 15 is 0 Å². The molecule has 3 saturated carbocycles. The third kappa shape index (κ3) is 5.15. The van der Waals surface area contributed by atoms with Crippen molar-refractivity contribution in [2.75, 3.05) is 0 Å². The molecule has 3 aliphatic rings. The Kier molecular flexibility index (Phi) is 6.80. The molecule has 0 spiro atoms. The van der Waals surface area contributed by atoms with Gasteiger partial charge in [-0.2, -0.15) is 0 Å². The second kappa shape index (κ2) is 10.1. The number of fused-ring (bicyclic) bond motifs is 2. The van der Waals surface area contributed by atoms with E-state index in [2.05, 4.69) is 0 Å². The van der Waals surface area contributed by atoms with Gasteiger partial charge in [0.1, 0.15) is 12.2 Å². The minimum atomic E-state index is -0.397. The van der Waals surface area contributed by atoms with Crippen LogP contribution < -0.4 is 0 Å². The molecule has 3 aliphatic carbocycles. The fourth-order valence-electron chi connectivity index (χ4n) is 6.53. The van der Waals surface area contributed by atoms with Gasteiger partial charge in [0.2, 0.25) is 0 Å². The van der Waals surface area contributed by atoms with Gasteiger partial charge in [-0.1, -0.05) is 62.1 Å². The van der Waals surface area contributed by atoms with Gasteiger partial charge in [0, 0.05) is 0 Å². The minimum absolute atomic E-state index is 0.330. The summed E-state index contributed by atoms with van der Waals surface area (Å²) in [6.45, 7) is 0. The van der Waals surface area contributed by atoms with Crippen molar-refractivity contribution in [2.45, 2.75) is 70.0 Å². The second-order valence-corrected chi connectivity index (χ2v) is 10.2. The van der Waals surface area contributed by atoms with Gasteiger partial charge in [-0.3, -0.25) is 0 Å². The van der Waals surface area contributed by atoms with Crippen molar-refractivity contribution in [1.82, 2.24) is 0 Å². The average molecular weight is 447 g/mol. The molecule has 2 aromatic rings. The molecule has 0 N–H and O–H groups in total. The van der Waals surface area contributed by atoms with E-state index in [-0.39, 0.29) is 11.9 Å². The van der Waals surface area contributed by atoms with Crippen LogP contribution in [-0.2, 0) is 9.47 Å². The summed E-state index contributed by atoms with van der Waals surface area (Å²) in [5, 5.41) is 0. The van der Waals surface area contributed by atoms with Crippen molar-refractivity contribution >= 4 is 11.9 Å². The SMILES string of the molecule is O=C(OC1CC2CCC3CCCCC3CC2CC1OC(=O)c1ccccc1)c1ccccc1. The van der Waals surface area contributed by atoms with Crippen LogP contribution in [0.2, 0.25) is 0 Å². The third-order valence-corrected chi connectivity index (χ3v) is 8.27. The van der Waals surface area contributed by atoms with Crippen molar-refractivity contribution in [3.63, 3.8) is 0 Å². The maximum absolute atomic E-state index is 12.9. The van der Waals surface area contributed by atoms with Crippen LogP contribution in [0.1, 0.15) is 78.5 Å². The average Bonchev–Trinajstić information content (AvgIpc) is 3.04. The lowest BCUT2D eigenvalue weighted by Crippen LogP contribution is -2.44. The van der Waals surface area contributed by atoms with Crippen LogP contribution in [0.15, 0.2) is 60.7 Å². The maximum atomic E-state index is 12.9. The molecular formula is C29H34O4. The summed E-state index contributed by atoms with van der Waals surface area (Å²) in [5.74, 6) is 2.07. The van der Waals surface area contributed by atoms with E-state index in [1.165, 1.54) is 44.9 Å². The molecule has 0 bridgehead atoms. The largest absolute Gasteiger partial charge is 0.455 e. The van der Waals surface area contributed by atoms with Crippen LogP contribution >= 0.6 is 0 Å². The van der Waals surface area contributed by atoms with Crippen LogP contribution in [0.5, 0.6) is 0 Å². The van der Waals surface area contributed by atoms with Gasteiger partial charge < -0.3 is 9.47 Å². The van der Waals surface area contributed by atoms with Crippen LogP contribution in [0.25, 0.3) is 0 Å². The van der Waals surface area contributed by atoms with E-state index in [1.54, 1.807) is 24.3 Å². The van der Waals surface area contributed by atoms with E-state index in [0.29, 0.717) is 23.0 Å². The topological polar surface area (TPSA) is 52.6 Å². The Hall–Kier alpha value is -2.62. The molecule has 33 heavy (non-hydrogen) atoms. The Morgan fingerprint density at radius 3 is 1.58 bits per heavy atom. The highest BCUT2D eigenvalue weighted by Crippen LogP contribution is 2.48. The molecule has 3 fully saturated rings. The lowest BCUT2D eigenvalue weighted by molar-refractivity contribution is -0.0767. The number of ether oxygens (including phenoxy) is 2. The Balaban J connectivity index is 1.35. The fraction of sp³-hybridized carbons (Fsp3) is 0.517. The maximum Gasteiger partial charge on any atom is 0.338 e. The van der Waals surface area contributed by atoms with Crippen molar-refractivity contribution in [1.29, 1.82) is 0 Å². The highest BCUT2D eigenvalue weighted by molar-refractivity contribution is 5.90. The first kappa shape index (κ1) is 22.2. The molecule has 0 aromatic heterocycles. The number of hydrogen-bond donors (Lipinski definition) is 0. The summed E-state index contributed by atoms with van der Waals surface area (Å²) in [6.07, 6.45) is 9.93. The number of rotatable bonds is 4. The Bertz CT molecular complexity index is 941. The zero-order valence-corrected chi connectivity index (χ0v) is 19.2. The Morgan fingerprint density at radius 1 is 0.545 bits per heavy atom. The minimum Gasteiger partial charge on any atom is -0.455 e. The Labute approximate surface area is 196 Å². The molecule has 5 rings (SSSR count). The van der Waals surface area contributed by atoms with Crippen LogP contribution in [0.3, 0.4) is 0 Å². The highest BCUT2D eigenvalue weighted by Gasteiger charge is 2.44. The predicted octanol–water partition coefficient (Wildman–Crippen LogP) is 6.45. The summed E-state index contributed by atoms with van der Waals surface area (Å²) in [7, 11) is 0. The summed E-state index contributed by atoms with van der Waals surface area (Å²) in [5.41, 5.74) is 1.08. The van der Waals surface area contributed by atoms with Crippen molar-refractivity contribution < 1.29 is 19.1 Å². The molecule has 6 atom stereocenters. The van der Waals surface area contributed by atoms with Crippen molar-refractivity contribution in [2.24, 2.45) is 23.7 Å². The first-order valence-electron chi connectivity index (χ1n) is 12.7. The second-order valence-electron chi connectivity index (χ2n) is 10.2. The molecule has 0 radical (unpaired) electrons. The number of carbonyl (C=O) groups excluding carboxylic acids is 2. The van der Waals surface area contributed by atoms with Crippen LogP contribution in [-0.4, -0.2) is 24.1 Å². The number of esters is 2. The highest BCUT2D eigenvalue weighted by atomic mass is 16.6. The summed E-state index contributed by atoms with van der Waals surface area (Å²) < 4.78 is 12.1. The third-order valence-electron chi connectivity index (χ3n) is 8.27. The quantitative estimate of drug-likeness (QED) is 0.506. The van der Waals surface area contributed by atoms with Gasteiger partial charge in [-0.15, -0.1) is 0 Å². The smallest absolute Gasteiger partial charge is 0.338 e. The molecule has 2 aromatic carbocycles. The number of hydrogen-bond acceptors (Lipinski definition) is 4. The molecule has 4 nitrogen and oxygen atoms in total.